The third-order valence-electron chi connectivity index (χ3n) is 5.25. The molecule has 6 heteroatoms. The van der Waals surface area contributed by atoms with Gasteiger partial charge in [-0.1, -0.05) is 18.9 Å². The smallest absolute Gasteiger partial charge is 0.225 e. The van der Waals surface area contributed by atoms with Crippen LogP contribution < -0.4 is 5.32 Å². The minimum absolute atomic E-state index is 0.0529. The Morgan fingerprint density at radius 1 is 1.33 bits per heavy atom. The maximum atomic E-state index is 13.1. The summed E-state index contributed by atoms with van der Waals surface area (Å²) in [6.07, 6.45) is 11.4. The fourth-order valence-electron chi connectivity index (χ4n) is 3.75. The van der Waals surface area contributed by atoms with Crippen LogP contribution in [0.5, 0.6) is 0 Å². The molecule has 5 nitrogen and oxygen atoms in total. The van der Waals surface area contributed by atoms with Crippen LogP contribution in [-0.4, -0.2) is 40.4 Å². The third-order valence-corrected chi connectivity index (χ3v) is 5.25. The monoisotopic (exact) mass is 372 g/mol. The number of hydrogen-bond acceptors (Lipinski definition) is 3. The van der Waals surface area contributed by atoms with Crippen LogP contribution >= 0.6 is 0 Å². The molecule has 0 radical (unpaired) electrons. The Morgan fingerprint density at radius 2 is 2.26 bits per heavy atom. The normalized spacial score (nSPS) is 17.3. The Balaban J connectivity index is 1.25. The first kappa shape index (κ1) is 19.5. The quantitative estimate of drug-likeness (QED) is 0.620. The number of unbranched alkanes of at least 4 members (excludes halogenated alkanes) is 2. The molecule has 1 aliphatic heterocycles. The molecule has 3 rings (SSSR count). The van der Waals surface area contributed by atoms with E-state index in [2.05, 4.69) is 20.2 Å². The molecule has 2 N–H and O–H groups in total. The number of carbonyl (C=O) groups is 1. The SMILES string of the molecule is O=C(CCN1CCC(CCCCCc2cnc[nH]2)C1)Nc1cccc(F)c1. The maximum absolute atomic E-state index is 13.1. The molecule has 1 amide bonds. The molecule has 27 heavy (non-hydrogen) atoms. The lowest BCUT2D eigenvalue weighted by atomic mass is 10.00. The number of hydrogen-bond donors (Lipinski definition) is 2. The molecule has 2 heterocycles. The summed E-state index contributed by atoms with van der Waals surface area (Å²) in [5, 5.41) is 2.77. The lowest BCUT2D eigenvalue weighted by molar-refractivity contribution is -0.116. The number of carbonyl (C=O) groups excluding carboxylic acids is 1. The van der Waals surface area contributed by atoms with Crippen LogP contribution in [0.1, 0.15) is 44.2 Å². The van der Waals surface area contributed by atoms with Gasteiger partial charge in [-0.3, -0.25) is 4.79 Å². The largest absolute Gasteiger partial charge is 0.348 e. The molecule has 1 saturated heterocycles. The predicted octanol–water partition coefficient (Wildman–Crippen LogP) is 4.00. The number of H-pyrrole nitrogens is 1. The van der Waals surface area contributed by atoms with Crippen molar-refractivity contribution in [3.8, 4) is 0 Å². The number of rotatable bonds is 10. The highest BCUT2D eigenvalue weighted by Crippen LogP contribution is 2.22. The fourth-order valence-corrected chi connectivity index (χ4v) is 3.75. The van der Waals surface area contributed by atoms with E-state index in [9.17, 15) is 9.18 Å². The number of anilines is 1. The second-order valence-corrected chi connectivity index (χ2v) is 7.44. The highest BCUT2D eigenvalue weighted by atomic mass is 19.1. The highest BCUT2D eigenvalue weighted by Gasteiger charge is 2.22. The van der Waals surface area contributed by atoms with Crippen molar-refractivity contribution >= 4 is 11.6 Å². The van der Waals surface area contributed by atoms with Crippen molar-refractivity contribution in [2.24, 2.45) is 5.92 Å². The van der Waals surface area contributed by atoms with Crippen molar-refractivity contribution in [2.45, 2.75) is 44.9 Å². The Labute approximate surface area is 160 Å². The summed E-state index contributed by atoms with van der Waals surface area (Å²) in [6.45, 7) is 2.94. The van der Waals surface area contributed by atoms with Gasteiger partial charge in [0.15, 0.2) is 0 Å². The zero-order valence-corrected chi connectivity index (χ0v) is 15.8. The van der Waals surface area contributed by atoms with Crippen molar-refractivity contribution in [3.63, 3.8) is 0 Å². The molecular formula is C21H29FN4O. The Morgan fingerprint density at radius 3 is 3.07 bits per heavy atom. The van der Waals surface area contributed by atoms with Crippen LogP contribution in [0.2, 0.25) is 0 Å². The van der Waals surface area contributed by atoms with Crippen LogP contribution in [-0.2, 0) is 11.2 Å². The average molecular weight is 372 g/mol. The van der Waals surface area contributed by atoms with Gasteiger partial charge in [-0.25, -0.2) is 9.37 Å². The average Bonchev–Trinajstić information content (AvgIpc) is 3.32. The molecule has 2 aromatic rings. The van der Waals surface area contributed by atoms with E-state index in [1.54, 1.807) is 18.5 Å². The minimum atomic E-state index is -0.334. The van der Waals surface area contributed by atoms with Crippen LogP contribution in [0.3, 0.4) is 0 Å². The fraction of sp³-hybridized carbons (Fsp3) is 0.524. The highest BCUT2D eigenvalue weighted by molar-refractivity contribution is 5.90. The van der Waals surface area contributed by atoms with E-state index in [-0.39, 0.29) is 11.7 Å². The lowest BCUT2D eigenvalue weighted by Crippen LogP contribution is -2.26. The number of aromatic nitrogens is 2. The van der Waals surface area contributed by atoms with Crippen LogP contribution in [0.15, 0.2) is 36.8 Å². The topological polar surface area (TPSA) is 61.0 Å². The van der Waals surface area contributed by atoms with Gasteiger partial charge in [-0.15, -0.1) is 0 Å². The van der Waals surface area contributed by atoms with Crippen molar-refractivity contribution < 1.29 is 9.18 Å². The lowest BCUT2D eigenvalue weighted by Gasteiger charge is -2.16. The van der Waals surface area contributed by atoms with E-state index in [1.807, 2.05) is 6.20 Å². The molecule has 1 aromatic carbocycles. The number of nitrogens with one attached hydrogen (secondary N) is 2. The number of benzene rings is 1. The van der Waals surface area contributed by atoms with E-state index < -0.39 is 0 Å². The second kappa shape index (κ2) is 10.2. The van der Waals surface area contributed by atoms with Crippen molar-refractivity contribution in [3.05, 3.63) is 48.3 Å². The Bertz CT molecular complexity index is 704. The molecule has 1 aromatic heterocycles. The summed E-state index contributed by atoms with van der Waals surface area (Å²) in [4.78, 5) is 21.6. The molecule has 1 unspecified atom stereocenters. The summed E-state index contributed by atoms with van der Waals surface area (Å²) < 4.78 is 13.1. The Hall–Kier alpha value is -2.21. The first-order chi connectivity index (χ1) is 13.2. The molecule has 0 aliphatic carbocycles. The zero-order chi connectivity index (χ0) is 18.9. The Kier molecular flexibility index (Phi) is 7.39. The summed E-state index contributed by atoms with van der Waals surface area (Å²) in [6, 6.07) is 6.03. The molecular weight excluding hydrogens is 343 g/mol. The number of aryl methyl sites for hydroxylation is 1. The van der Waals surface area contributed by atoms with Crippen molar-refractivity contribution in [1.82, 2.24) is 14.9 Å². The van der Waals surface area contributed by atoms with Crippen molar-refractivity contribution in [2.75, 3.05) is 25.0 Å². The molecule has 0 saturated carbocycles. The molecule has 146 valence electrons. The number of halogens is 1. The van der Waals surface area contributed by atoms with Crippen LogP contribution in [0, 0.1) is 11.7 Å². The van der Waals surface area contributed by atoms with Gasteiger partial charge in [0.05, 0.1) is 6.33 Å². The second-order valence-electron chi connectivity index (χ2n) is 7.44. The van der Waals surface area contributed by atoms with E-state index in [0.29, 0.717) is 12.1 Å². The minimum Gasteiger partial charge on any atom is -0.348 e. The molecule has 0 spiro atoms. The first-order valence-electron chi connectivity index (χ1n) is 9.94. The van der Waals surface area contributed by atoms with Crippen LogP contribution in [0.4, 0.5) is 10.1 Å². The number of aromatic amines is 1. The van der Waals surface area contributed by atoms with Gasteiger partial charge in [0, 0.05) is 37.1 Å². The standard InChI is InChI=1S/C21H29FN4O/c22-18-6-4-8-19(13-18)25-21(27)10-12-26-11-9-17(15-26)5-2-1-3-7-20-14-23-16-24-20/h4,6,8,13-14,16-17H,1-3,5,7,9-12,15H2,(H,23,24)(H,25,27). The summed E-state index contributed by atoms with van der Waals surface area (Å²) in [5.41, 5.74) is 1.74. The molecule has 1 aliphatic rings. The molecule has 0 bridgehead atoms. The summed E-state index contributed by atoms with van der Waals surface area (Å²) in [7, 11) is 0. The van der Waals surface area contributed by atoms with Gasteiger partial charge in [0.25, 0.3) is 0 Å². The number of amides is 1. The molecule has 1 fully saturated rings. The van der Waals surface area contributed by atoms with E-state index in [1.165, 1.54) is 49.9 Å². The van der Waals surface area contributed by atoms with Gasteiger partial charge < -0.3 is 15.2 Å². The summed E-state index contributed by atoms with van der Waals surface area (Å²) >= 11 is 0. The van der Waals surface area contributed by atoms with E-state index >= 15 is 0 Å². The van der Waals surface area contributed by atoms with Crippen LogP contribution in [0.25, 0.3) is 0 Å². The maximum Gasteiger partial charge on any atom is 0.225 e. The van der Waals surface area contributed by atoms with Gasteiger partial charge in [0.2, 0.25) is 5.91 Å². The number of likely N-dealkylation sites (tertiary alicyclic amines) is 1. The van der Waals surface area contributed by atoms with E-state index in [0.717, 1.165) is 32.0 Å². The number of imidazole rings is 1. The molecule has 1 atom stereocenters. The van der Waals surface area contributed by atoms with Gasteiger partial charge in [-0.2, -0.15) is 0 Å². The van der Waals surface area contributed by atoms with Gasteiger partial charge in [-0.05, 0) is 56.3 Å². The van der Waals surface area contributed by atoms with Gasteiger partial charge >= 0.3 is 0 Å². The van der Waals surface area contributed by atoms with Gasteiger partial charge in [0.1, 0.15) is 5.82 Å². The third kappa shape index (κ3) is 6.79. The zero-order valence-electron chi connectivity index (χ0n) is 15.8. The van der Waals surface area contributed by atoms with Crippen molar-refractivity contribution in [1.29, 1.82) is 0 Å². The number of nitrogens with zero attached hydrogens (tertiary/aromatic N) is 2. The summed E-state index contributed by atoms with van der Waals surface area (Å²) in [5.74, 6) is 0.367. The predicted molar refractivity (Wildman–Crippen MR) is 105 cm³/mol. The first-order valence-corrected chi connectivity index (χ1v) is 9.94. The van der Waals surface area contributed by atoms with E-state index in [4.69, 9.17) is 0 Å².